The predicted molar refractivity (Wildman–Crippen MR) is 154 cm³/mol. The summed E-state index contributed by atoms with van der Waals surface area (Å²) in [6.07, 6.45) is 9.93. The minimum Gasteiger partial charge on any atom is -0.359 e. The maximum atomic E-state index is 14.2. The molecule has 1 aromatic carbocycles. The fourth-order valence-corrected chi connectivity index (χ4v) is 7.97. The normalized spacial score (nSPS) is 37.0. The van der Waals surface area contributed by atoms with E-state index in [9.17, 15) is 14.4 Å². The van der Waals surface area contributed by atoms with Crippen molar-refractivity contribution in [3.63, 3.8) is 0 Å². The van der Waals surface area contributed by atoms with Crippen LogP contribution in [0.15, 0.2) is 36.4 Å². The van der Waals surface area contributed by atoms with Crippen molar-refractivity contribution in [1.82, 2.24) is 15.1 Å². The molecule has 1 aliphatic carbocycles. The van der Waals surface area contributed by atoms with Crippen LogP contribution in [-0.2, 0) is 19.1 Å². The molecule has 4 fully saturated rings. The lowest BCUT2D eigenvalue weighted by Crippen LogP contribution is -2.58. The van der Waals surface area contributed by atoms with Gasteiger partial charge in [0, 0.05) is 29.8 Å². The fourth-order valence-electron chi connectivity index (χ4n) is 7.78. The summed E-state index contributed by atoms with van der Waals surface area (Å²) in [6, 6.07) is 6.23. The van der Waals surface area contributed by atoms with Crippen LogP contribution in [0.2, 0.25) is 5.02 Å². The largest absolute Gasteiger partial charge is 0.359 e. The Balaban J connectivity index is 1.27. The molecule has 0 aromatic heterocycles. The number of carbonyl (C=O) groups excluding carboxylic acids is 3. The van der Waals surface area contributed by atoms with Crippen LogP contribution in [0.4, 0.5) is 5.69 Å². The monoisotopic (exact) mass is 568 g/mol. The van der Waals surface area contributed by atoms with E-state index >= 15 is 0 Å². The van der Waals surface area contributed by atoms with Crippen molar-refractivity contribution in [2.75, 3.05) is 31.5 Å². The number of benzene rings is 1. The van der Waals surface area contributed by atoms with E-state index in [4.69, 9.17) is 16.3 Å². The van der Waals surface area contributed by atoms with Crippen molar-refractivity contribution in [2.45, 2.75) is 76.2 Å². The Morgan fingerprint density at radius 2 is 1.88 bits per heavy atom. The molecule has 1 spiro atoms. The summed E-state index contributed by atoms with van der Waals surface area (Å²) in [5, 5.41) is 6.79. The molecular weight excluding hydrogens is 528 g/mol. The molecule has 8 nitrogen and oxygen atoms in total. The lowest BCUT2D eigenvalue weighted by molar-refractivity contribution is -0.142. The zero-order chi connectivity index (χ0) is 28.0. The van der Waals surface area contributed by atoms with Crippen molar-refractivity contribution < 1.29 is 19.1 Å². The van der Waals surface area contributed by atoms with Crippen molar-refractivity contribution in [2.24, 2.45) is 23.7 Å². The molecule has 1 saturated carbocycles. The number of anilines is 1. The molecule has 2 bridgehead atoms. The summed E-state index contributed by atoms with van der Waals surface area (Å²) in [7, 11) is 0. The molecule has 40 heavy (non-hydrogen) atoms. The van der Waals surface area contributed by atoms with E-state index in [-0.39, 0.29) is 23.8 Å². The molecular formula is C31H41ClN4O4. The van der Waals surface area contributed by atoms with Crippen molar-refractivity contribution >= 4 is 35.0 Å². The number of halogens is 1. The number of amides is 3. The maximum absolute atomic E-state index is 14.2. The van der Waals surface area contributed by atoms with Crippen LogP contribution >= 0.6 is 11.6 Å². The third-order valence-corrected chi connectivity index (χ3v) is 10.4. The standard InChI is InChI=1S/C31H41ClN4O4/c1-19-8-6-11-23(20(19)2)34-29(38)27-31-13-12-24(40-31)25(28(37)33-22-10-7-9-21(32)18-22)26(31)30(39)36(27)17-16-35-14-4-3-5-15-35/h7,9-10,12-13,18-20,23-27H,3-6,8,11,14-17H2,1-2H3,(H,33,37)(H,34,38). The lowest BCUT2D eigenvalue weighted by Gasteiger charge is -2.38. The number of hydrogen-bond donors (Lipinski definition) is 2. The minimum atomic E-state index is -1.15. The van der Waals surface area contributed by atoms with Gasteiger partial charge in [0.05, 0.1) is 17.9 Å². The molecule has 4 aliphatic heterocycles. The van der Waals surface area contributed by atoms with Crippen LogP contribution < -0.4 is 10.6 Å². The number of nitrogens with one attached hydrogen (secondary N) is 2. The zero-order valence-corrected chi connectivity index (χ0v) is 24.2. The average molecular weight is 569 g/mol. The van der Waals surface area contributed by atoms with Gasteiger partial charge in [-0.15, -0.1) is 0 Å². The number of rotatable bonds is 7. The first kappa shape index (κ1) is 27.7. The van der Waals surface area contributed by atoms with Crippen LogP contribution in [-0.4, -0.2) is 77.5 Å². The van der Waals surface area contributed by atoms with Crippen LogP contribution in [0.3, 0.4) is 0 Å². The Hall–Kier alpha value is -2.42. The third kappa shape index (κ3) is 4.86. The van der Waals surface area contributed by atoms with Gasteiger partial charge in [-0.05, 0) is 62.4 Å². The molecule has 0 radical (unpaired) electrons. The summed E-state index contributed by atoms with van der Waals surface area (Å²) in [4.78, 5) is 46.1. The Kier molecular flexibility index (Phi) is 7.70. The van der Waals surface area contributed by atoms with Crippen LogP contribution in [0.1, 0.15) is 52.4 Å². The van der Waals surface area contributed by atoms with Gasteiger partial charge >= 0.3 is 0 Å². The number of nitrogens with zero attached hydrogens (tertiary/aromatic N) is 2. The Bertz CT molecular complexity index is 1190. The molecule has 5 aliphatic rings. The van der Waals surface area contributed by atoms with Crippen molar-refractivity contribution in [3.05, 3.63) is 41.4 Å². The highest BCUT2D eigenvalue weighted by Gasteiger charge is 2.72. The summed E-state index contributed by atoms with van der Waals surface area (Å²) >= 11 is 6.14. The van der Waals surface area contributed by atoms with E-state index in [1.807, 2.05) is 12.2 Å². The van der Waals surface area contributed by atoms with Gasteiger partial charge < -0.3 is 25.2 Å². The van der Waals surface area contributed by atoms with E-state index in [0.717, 1.165) is 38.8 Å². The van der Waals surface area contributed by atoms with E-state index in [0.29, 0.717) is 35.6 Å². The Morgan fingerprint density at radius 3 is 2.65 bits per heavy atom. The number of fused-ring (bicyclic) bond motifs is 1. The topological polar surface area (TPSA) is 91.0 Å². The van der Waals surface area contributed by atoms with Gasteiger partial charge in [-0.3, -0.25) is 14.4 Å². The van der Waals surface area contributed by atoms with Crippen molar-refractivity contribution in [1.29, 1.82) is 0 Å². The molecule has 8 unspecified atom stereocenters. The molecule has 216 valence electrons. The minimum absolute atomic E-state index is 0.0650. The third-order valence-electron chi connectivity index (χ3n) is 10.2. The number of hydrogen-bond acceptors (Lipinski definition) is 5. The van der Waals surface area contributed by atoms with Crippen molar-refractivity contribution in [3.8, 4) is 0 Å². The molecule has 9 heteroatoms. The molecule has 4 heterocycles. The Morgan fingerprint density at radius 1 is 1.07 bits per heavy atom. The second kappa shape index (κ2) is 11.1. The van der Waals surface area contributed by atoms with E-state index in [2.05, 4.69) is 29.4 Å². The molecule has 3 saturated heterocycles. The predicted octanol–water partition coefficient (Wildman–Crippen LogP) is 3.86. The lowest BCUT2D eigenvalue weighted by atomic mass is 9.73. The van der Waals surface area contributed by atoms with E-state index in [1.54, 1.807) is 29.2 Å². The SMILES string of the molecule is CC1CCCC(NC(=O)C2N(CCN3CCCCC3)C(=O)C3C(C(=O)Nc4cccc(Cl)c4)C4C=CC32O4)C1C. The van der Waals surface area contributed by atoms with Crippen LogP contribution in [0.25, 0.3) is 0 Å². The van der Waals surface area contributed by atoms with E-state index < -0.39 is 29.6 Å². The summed E-state index contributed by atoms with van der Waals surface area (Å²) < 4.78 is 6.51. The molecule has 1 aromatic rings. The van der Waals surface area contributed by atoms with Gasteiger partial charge in [-0.25, -0.2) is 0 Å². The summed E-state index contributed by atoms with van der Waals surface area (Å²) in [6.45, 7) is 7.62. The van der Waals surface area contributed by atoms with Gasteiger partial charge in [-0.2, -0.15) is 0 Å². The molecule has 3 amide bonds. The van der Waals surface area contributed by atoms with Crippen LogP contribution in [0.5, 0.6) is 0 Å². The number of ether oxygens (including phenoxy) is 1. The van der Waals surface area contributed by atoms with Crippen LogP contribution in [0, 0.1) is 23.7 Å². The molecule has 2 N–H and O–H groups in total. The second-order valence-electron chi connectivity index (χ2n) is 12.5. The highest BCUT2D eigenvalue weighted by Crippen LogP contribution is 2.55. The van der Waals surface area contributed by atoms with Gasteiger partial charge in [0.2, 0.25) is 17.7 Å². The molecule has 6 rings (SSSR count). The Labute approximate surface area is 241 Å². The van der Waals surface area contributed by atoms with Gasteiger partial charge in [-0.1, -0.05) is 62.9 Å². The summed E-state index contributed by atoms with van der Waals surface area (Å²) in [5.74, 6) is -1.20. The highest BCUT2D eigenvalue weighted by molar-refractivity contribution is 6.30. The first-order valence-electron chi connectivity index (χ1n) is 15.1. The summed E-state index contributed by atoms with van der Waals surface area (Å²) in [5.41, 5.74) is -0.575. The average Bonchev–Trinajstić information content (AvgIpc) is 3.58. The number of carbonyl (C=O) groups is 3. The number of likely N-dealkylation sites (tertiary alicyclic amines) is 2. The smallest absolute Gasteiger partial charge is 0.246 e. The zero-order valence-electron chi connectivity index (χ0n) is 23.5. The molecule has 8 atom stereocenters. The second-order valence-corrected chi connectivity index (χ2v) is 13.0. The quantitative estimate of drug-likeness (QED) is 0.488. The first-order valence-corrected chi connectivity index (χ1v) is 15.4. The maximum Gasteiger partial charge on any atom is 0.246 e. The van der Waals surface area contributed by atoms with Gasteiger partial charge in [0.25, 0.3) is 0 Å². The first-order chi connectivity index (χ1) is 19.3. The fraction of sp³-hybridized carbons (Fsp3) is 0.645. The van der Waals surface area contributed by atoms with Gasteiger partial charge in [0.1, 0.15) is 11.6 Å². The van der Waals surface area contributed by atoms with Gasteiger partial charge in [0.15, 0.2) is 0 Å². The van der Waals surface area contributed by atoms with E-state index in [1.165, 1.54) is 12.8 Å². The highest BCUT2D eigenvalue weighted by atomic mass is 35.5. The number of piperidine rings is 1.